The molecule has 1 aliphatic carbocycles. The van der Waals surface area contributed by atoms with Crippen molar-refractivity contribution >= 4 is 11.8 Å². The molecule has 2 unspecified atom stereocenters. The van der Waals surface area contributed by atoms with E-state index in [2.05, 4.69) is 21.8 Å². The van der Waals surface area contributed by atoms with Gasteiger partial charge in [0.15, 0.2) is 0 Å². The predicted octanol–water partition coefficient (Wildman–Crippen LogP) is 2.29. The van der Waals surface area contributed by atoms with Gasteiger partial charge in [-0.25, -0.2) is 9.97 Å². The molecule has 1 aromatic rings. The van der Waals surface area contributed by atoms with Gasteiger partial charge in [-0.1, -0.05) is 6.92 Å². The zero-order valence-electron chi connectivity index (χ0n) is 12.6. The quantitative estimate of drug-likeness (QED) is 0.921. The molecule has 1 aliphatic heterocycles. The number of fused-ring (bicyclic) bond motifs is 1. The molecule has 0 bridgehead atoms. The minimum atomic E-state index is -0.692. The summed E-state index contributed by atoms with van der Waals surface area (Å²) < 4.78 is 0. The van der Waals surface area contributed by atoms with Crippen LogP contribution in [0.4, 0.5) is 5.82 Å². The van der Waals surface area contributed by atoms with Crippen molar-refractivity contribution in [3.8, 4) is 0 Å². The number of anilines is 1. The molecule has 1 fully saturated rings. The highest BCUT2D eigenvalue weighted by molar-refractivity contribution is 5.67. The maximum absolute atomic E-state index is 10.9. The largest absolute Gasteiger partial charge is 0.481 e. The molecule has 0 saturated carbocycles. The number of piperidine rings is 1. The first-order valence-electron chi connectivity index (χ1n) is 7.94. The molecule has 0 aromatic carbocycles. The molecule has 0 spiro atoms. The molecule has 0 radical (unpaired) electrons. The van der Waals surface area contributed by atoms with Crippen molar-refractivity contribution in [3.05, 3.63) is 17.6 Å². The molecule has 1 N–H and O–H groups in total. The van der Waals surface area contributed by atoms with Gasteiger partial charge < -0.3 is 10.0 Å². The summed E-state index contributed by atoms with van der Waals surface area (Å²) in [5.41, 5.74) is 2.53. The van der Waals surface area contributed by atoms with Crippen molar-refractivity contribution in [2.75, 3.05) is 18.0 Å². The fourth-order valence-corrected chi connectivity index (χ4v) is 3.72. The third kappa shape index (κ3) is 3.01. The summed E-state index contributed by atoms with van der Waals surface area (Å²) in [6.07, 6.45) is 7.51. The summed E-state index contributed by atoms with van der Waals surface area (Å²) in [6, 6.07) is 0. The number of aliphatic carboxylic acids is 1. The Labute approximate surface area is 125 Å². The molecule has 1 saturated heterocycles. The van der Waals surface area contributed by atoms with Gasteiger partial charge >= 0.3 is 5.97 Å². The van der Waals surface area contributed by atoms with Gasteiger partial charge in [0.1, 0.15) is 12.1 Å². The maximum Gasteiger partial charge on any atom is 0.303 e. The summed E-state index contributed by atoms with van der Waals surface area (Å²) in [7, 11) is 0. The van der Waals surface area contributed by atoms with E-state index in [4.69, 9.17) is 5.11 Å². The second-order valence-electron chi connectivity index (χ2n) is 6.40. The number of aromatic nitrogens is 2. The Kier molecular flexibility index (Phi) is 4.08. The van der Waals surface area contributed by atoms with Crippen molar-refractivity contribution in [1.82, 2.24) is 9.97 Å². The molecule has 114 valence electrons. The van der Waals surface area contributed by atoms with Gasteiger partial charge in [-0.15, -0.1) is 0 Å². The van der Waals surface area contributed by atoms with Crippen LogP contribution in [0.2, 0.25) is 0 Å². The lowest BCUT2D eigenvalue weighted by molar-refractivity contribution is -0.138. The van der Waals surface area contributed by atoms with Gasteiger partial charge in [-0.3, -0.25) is 4.79 Å². The Balaban J connectivity index is 1.75. The number of hydrogen-bond acceptors (Lipinski definition) is 4. The fraction of sp³-hybridized carbons (Fsp3) is 0.688. The van der Waals surface area contributed by atoms with Gasteiger partial charge in [-0.2, -0.15) is 0 Å². The second-order valence-corrected chi connectivity index (χ2v) is 6.40. The van der Waals surface area contributed by atoms with Crippen LogP contribution in [0.3, 0.4) is 0 Å². The van der Waals surface area contributed by atoms with Crippen molar-refractivity contribution in [2.45, 2.75) is 45.4 Å². The van der Waals surface area contributed by atoms with Crippen LogP contribution in [0.1, 0.15) is 43.9 Å². The van der Waals surface area contributed by atoms with Gasteiger partial charge in [0.25, 0.3) is 0 Å². The minimum Gasteiger partial charge on any atom is -0.481 e. The number of nitrogens with zero attached hydrogens (tertiary/aromatic N) is 3. The van der Waals surface area contributed by atoms with Crippen LogP contribution in [0.25, 0.3) is 0 Å². The molecule has 1 aromatic heterocycles. The van der Waals surface area contributed by atoms with E-state index < -0.39 is 5.97 Å². The molecule has 3 rings (SSSR count). The van der Waals surface area contributed by atoms with E-state index in [1.807, 2.05) is 0 Å². The van der Waals surface area contributed by atoms with Crippen LogP contribution in [0.15, 0.2) is 6.33 Å². The number of aryl methyl sites for hydroxylation is 1. The lowest BCUT2D eigenvalue weighted by atomic mass is 9.84. The molecule has 21 heavy (non-hydrogen) atoms. The molecule has 2 heterocycles. The second kappa shape index (κ2) is 6.00. The lowest BCUT2D eigenvalue weighted by Gasteiger charge is -2.36. The minimum absolute atomic E-state index is 0.222. The SMILES string of the molecule is CC(CC(=O)O)C1CCCN(c2ncnc3c2CCC3)C1. The summed E-state index contributed by atoms with van der Waals surface area (Å²) in [4.78, 5) is 22.2. The van der Waals surface area contributed by atoms with Crippen molar-refractivity contribution in [1.29, 1.82) is 0 Å². The average molecular weight is 289 g/mol. The number of rotatable bonds is 4. The van der Waals surface area contributed by atoms with E-state index in [1.165, 1.54) is 17.7 Å². The average Bonchev–Trinajstić information content (AvgIpc) is 2.95. The highest BCUT2D eigenvalue weighted by Gasteiger charge is 2.29. The molecule has 2 aliphatic rings. The lowest BCUT2D eigenvalue weighted by Crippen LogP contribution is -2.39. The van der Waals surface area contributed by atoms with E-state index >= 15 is 0 Å². The highest BCUT2D eigenvalue weighted by atomic mass is 16.4. The molecule has 5 heteroatoms. The summed E-state index contributed by atoms with van der Waals surface area (Å²) in [5, 5.41) is 8.99. The zero-order chi connectivity index (χ0) is 14.8. The Bertz CT molecular complexity index is 532. The molecule has 5 nitrogen and oxygen atoms in total. The van der Waals surface area contributed by atoms with Gasteiger partial charge in [0.05, 0.1) is 0 Å². The van der Waals surface area contributed by atoms with Gasteiger partial charge in [0, 0.05) is 30.8 Å². The number of hydrogen-bond donors (Lipinski definition) is 1. The molecular weight excluding hydrogens is 266 g/mol. The Hall–Kier alpha value is -1.65. The number of carboxylic acid groups (broad SMARTS) is 1. The maximum atomic E-state index is 10.9. The van der Waals surface area contributed by atoms with E-state index in [1.54, 1.807) is 6.33 Å². The van der Waals surface area contributed by atoms with Crippen LogP contribution in [-0.2, 0) is 17.6 Å². The van der Waals surface area contributed by atoms with Crippen LogP contribution in [-0.4, -0.2) is 34.1 Å². The molecule has 0 amide bonds. The first-order chi connectivity index (χ1) is 10.1. The Morgan fingerprint density at radius 1 is 1.43 bits per heavy atom. The van der Waals surface area contributed by atoms with Crippen molar-refractivity contribution < 1.29 is 9.90 Å². The zero-order valence-corrected chi connectivity index (χ0v) is 12.6. The predicted molar refractivity (Wildman–Crippen MR) is 80.4 cm³/mol. The van der Waals surface area contributed by atoms with Crippen LogP contribution in [0.5, 0.6) is 0 Å². The van der Waals surface area contributed by atoms with Gasteiger partial charge in [0.2, 0.25) is 0 Å². The van der Waals surface area contributed by atoms with Crippen LogP contribution < -0.4 is 4.90 Å². The normalized spacial score (nSPS) is 22.9. The first-order valence-corrected chi connectivity index (χ1v) is 7.94. The van der Waals surface area contributed by atoms with Crippen LogP contribution in [0, 0.1) is 11.8 Å². The van der Waals surface area contributed by atoms with Crippen molar-refractivity contribution in [2.24, 2.45) is 11.8 Å². The highest BCUT2D eigenvalue weighted by Crippen LogP contribution is 2.33. The summed E-state index contributed by atoms with van der Waals surface area (Å²) >= 11 is 0. The van der Waals surface area contributed by atoms with E-state index in [0.717, 1.165) is 44.6 Å². The molecule has 2 atom stereocenters. The number of carboxylic acids is 1. The standard InChI is InChI=1S/C16H23N3O2/c1-11(8-15(20)21)12-4-3-7-19(9-12)16-13-5-2-6-14(13)17-10-18-16/h10-12H,2-9H2,1H3,(H,20,21). The Morgan fingerprint density at radius 3 is 3.10 bits per heavy atom. The van der Waals surface area contributed by atoms with Crippen LogP contribution >= 0.6 is 0 Å². The monoisotopic (exact) mass is 289 g/mol. The van der Waals surface area contributed by atoms with E-state index in [-0.39, 0.29) is 12.3 Å². The summed E-state index contributed by atoms with van der Waals surface area (Å²) in [5.74, 6) is 1.08. The van der Waals surface area contributed by atoms with E-state index in [9.17, 15) is 4.79 Å². The molecular formula is C16H23N3O2. The fourth-order valence-electron chi connectivity index (χ4n) is 3.72. The first kappa shape index (κ1) is 14.3. The van der Waals surface area contributed by atoms with E-state index in [0.29, 0.717) is 5.92 Å². The smallest absolute Gasteiger partial charge is 0.303 e. The third-order valence-corrected chi connectivity index (χ3v) is 4.91. The topological polar surface area (TPSA) is 66.3 Å². The van der Waals surface area contributed by atoms with Crippen molar-refractivity contribution in [3.63, 3.8) is 0 Å². The Morgan fingerprint density at radius 2 is 2.29 bits per heavy atom. The third-order valence-electron chi connectivity index (χ3n) is 4.91. The summed E-state index contributed by atoms with van der Waals surface area (Å²) in [6.45, 7) is 4.02. The number of carbonyl (C=O) groups is 1. The van der Waals surface area contributed by atoms with Gasteiger partial charge in [-0.05, 0) is 43.9 Å².